The summed E-state index contributed by atoms with van der Waals surface area (Å²) in [4.78, 5) is 4.61. The molecule has 0 spiro atoms. The summed E-state index contributed by atoms with van der Waals surface area (Å²) in [6.07, 6.45) is 0. The van der Waals surface area contributed by atoms with Crippen LogP contribution < -0.4 is 0 Å². The van der Waals surface area contributed by atoms with Gasteiger partial charge in [-0.05, 0) is 30.3 Å². The number of benzene rings is 2. The highest BCUT2D eigenvalue weighted by molar-refractivity contribution is 7.98. The molecule has 0 N–H and O–H groups in total. The predicted molar refractivity (Wildman–Crippen MR) is 113 cm³/mol. The third-order valence-electron chi connectivity index (χ3n) is 4.49. The molecule has 4 aromatic rings. The van der Waals surface area contributed by atoms with Crippen LogP contribution in [0.2, 0.25) is 0 Å². The second-order valence-corrected chi connectivity index (χ2v) is 9.22. The van der Waals surface area contributed by atoms with Crippen molar-refractivity contribution in [3.05, 3.63) is 54.4 Å². The number of hydrogen-bond donors (Lipinski definition) is 0. The standard InChI is InChI=1S/C20H20N4O4S2/c1-3-24(4-2)30(25,26)15-9-7-8-14(12-15)19-22-23-20(28-19)29-13-18-21-16-10-5-6-11-17(16)27-18/h5-12H,3-4,13H2,1-2H3. The van der Waals surface area contributed by atoms with Crippen LogP contribution in [-0.2, 0) is 15.8 Å². The zero-order valence-corrected chi connectivity index (χ0v) is 18.1. The third-order valence-corrected chi connectivity index (χ3v) is 7.34. The SMILES string of the molecule is CCN(CC)S(=O)(=O)c1cccc(-c2nnc(SCc3nc4ccccc4o3)o2)c1. The van der Waals surface area contributed by atoms with Crippen molar-refractivity contribution >= 4 is 32.9 Å². The number of para-hydroxylation sites is 2. The normalized spacial score (nSPS) is 12.1. The Labute approximate surface area is 178 Å². The van der Waals surface area contributed by atoms with Gasteiger partial charge in [-0.1, -0.05) is 43.8 Å². The molecule has 0 fully saturated rings. The highest BCUT2D eigenvalue weighted by atomic mass is 32.2. The maximum atomic E-state index is 12.8. The van der Waals surface area contributed by atoms with Gasteiger partial charge in [-0.25, -0.2) is 13.4 Å². The Kier molecular flexibility index (Phi) is 5.89. The smallest absolute Gasteiger partial charge is 0.277 e. The van der Waals surface area contributed by atoms with Crippen LogP contribution in [0.5, 0.6) is 0 Å². The first-order valence-corrected chi connectivity index (χ1v) is 11.8. The van der Waals surface area contributed by atoms with Gasteiger partial charge in [0.1, 0.15) is 5.52 Å². The van der Waals surface area contributed by atoms with Crippen LogP contribution in [0.15, 0.2) is 67.5 Å². The summed E-state index contributed by atoms with van der Waals surface area (Å²) < 4.78 is 38.3. The van der Waals surface area contributed by atoms with Gasteiger partial charge in [0.15, 0.2) is 5.58 Å². The number of sulfonamides is 1. The first kappa shape index (κ1) is 20.6. The Hall–Kier alpha value is -2.69. The lowest BCUT2D eigenvalue weighted by molar-refractivity contribution is 0.445. The van der Waals surface area contributed by atoms with Crippen molar-refractivity contribution in [2.24, 2.45) is 0 Å². The quantitative estimate of drug-likeness (QED) is 0.373. The van der Waals surface area contributed by atoms with Crippen LogP contribution in [-0.4, -0.2) is 41.0 Å². The fourth-order valence-corrected chi connectivity index (χ4v) is 5.10. The Balaban J connectivity index is 1.51. The van der Waals surface area contributed by atoms with E-state index >= 15 is 0 Å². The molecule has 0 bridgehead atoms. The highest BCUT2D eigenvalue weighted by Gasteiger charge is 2.22. The lowest BCUT2D eigenvalue weighted by atomic mass is 10.2. The second-order valence-electron chi connectivity index (χ2n) is 6.35. The summed E-state index contributed by atoms with van der Waals surface area (Å²) >= 11 is 1.30. The van der Waals surface area contributed by atoms with E-state index in [9.17, 15) is 8.42 Å². The fraction of sp³-hybridized carbons (Fsp3) is 0.250. The number of hydrogen-bond acceptors (Lipinski definition) is 8. The molecule has 0 unspecified atom stereocenters. The Morgan fingerprint density at radius 3 is 2.57 bits per heavy atom. The van der Waals surface area contributed by atoms with E-state index in [0.717, 1.165) is 11.1 Å². The molecule has 4 rings (SSSR count). The third kappa shape index (κ3) is 4.11. The van der Waals surface area contributed by atoms with Gasteiger partial charge in [0.2, 0.25) is 21.8 Å². The van der Waals surface area contributed by atoms with Crippen molar-refractivity contribution in [1.29, 1.82) is 0 Å². The molecule has 0 aliphatic rings. The Morgan fingerprint density at radius 1 is 1.00 bits per heavy atom. The number of rotatable bonds is 8. The predicted octanol–water partition coefficient (Wildman–Crippen LogP) is 4.20. The van der Waals surface area contributed by atoms with E-state index in [2.05, 4.69) is 15.2 Å². The molecule has 156 valence electrons. The van der Waals surface area contributed by atoms with Gasteiger partial charge >= 0.3 is 0 Å². The number of fused-ring (bicyclic) bond motifs is 1. The molecule has 2 aromatic carbocycles. The Morgan fingerprint density at radius 2 is 1.80 bits per heavy atom. The molecule has 30 heavy (non-hydrogen) atoms. The fourth-order valence-electron chi connectivity index (χ4n) is 2.99. The lowest BCUT2D eigenvalue weighted by Crippen LogP contribution is -2.30. The van der Waals surface area contributed by atoms with Crippen molar-refractivity contribution < 1.29 is 17.3 Å². The van der Waals surface area contributed by atoms with Crippen LogP contribution >= 0.6 is 11.8 Å². The van der Waals surface area contributed by atoms with E-state index in [0.29, 0.717) is 35.5 Å². The zero-order valence-electron chi connectivity index (χ0n) is 16.5. The van der Waals surface area contributed by atoms with Crippen molar-refractivity contribution in [3.63, 3.8) is 0 Å². The molecule has 8 nitrogen and oxygen atoms in total. The van der Waals surface area contributed by atoms with Crippen LogP contribution in [0, 0.1) is 0 Å². The summed E-state index contributed by atoms with van der Waals surface area (Å²) in [5.41, 5.74) is 2.07. The number of thioether (sulfide) groups is 1. The minimum absolute atomic E-state index is 0.197. The van der Waals surface area contributed by atoms with Gasteiger partial charge in [0.25, 0.3) is 5.22 Å². The van der Waals surface area contributed by atoms with Gasteiger partial charge in [-0.2, -0.15) is 4.31 Å². The average Bonchev–Trinajstić information content (AvgIpc) is 3.40. The first-order valence-electron chi connectivity index (χ1n) is 9.42. The van der Waals surface area contributed by atoms with E-state index in [-0.39, 0.29) is 10.8 Å². The monoisotopic (exact) mass is 444 g/mol. The van der Waals surface area contributed by atoms with Crippen LogP contribution in [0.4, 0.5) is 0 Å². The second kappa shape index (κ2) is 8.58. The van der Waals surface area contributed by atoms with Crippen molar-refractivity contribution in [2.45, 2.75) is 29.7 Å². The molecule has 10 heteroatoms. The molecule has 0 radical (unpaired) electrons. The van der Waals surface area contributed by atoms with Gasteiger partial charge < -0.3 is 8.83 Å². The van der Waals surface area contributed by atoms with E-state index < -0.39 is 10.0 Å². The highest BCUT2D eigenvalue weighted by Crippen LogP contribution is 2.28. The van der Waals surface area contributed by atoms with Crippen LogP contribution in [0.1, 0.15) is 19.7 Å². The van der Waals surface area contributed by atoms with E-state index in [1.165, 1.54) is 16.1 Å². The number of oxazole rings is 1. The average molecular weight is 445 g/mol. The lowest BCUT2D eigenvalue weighted by Gasteiger charge is -2.18. The molecule has 0 aliphatic carbocycles. The molecule has 0 saturated carbocycles. The van der Waals surface area contributed by atoms with Crippen LogP contribution in [0.3, 0.4) is 0 Å². The first-order chi connectivity index (χ1) is 14.5. The van der Waals surface area contributed by atoms with E-state index in [1.807, 2.05) is 38.1 Å². The topological polar surface area (TPSA) is 102 Å². The summed E-state index contributed by atoms with van der Waals surface area (Å²) in [5.74, 6) is 1.26. The number of nitrogens with zero attached hydrogens (tertiary/aromatic N) is 4. The maximum Gasteiger partial charge on any atom is 0.277 e. The summed E-state index contributed by atoms with van der Waals surface area (Å²) in [7, 11) is -3.57. The minimum atomic E-state index is -3.57. The molecule has 0 atom stereocenters. The molecule has 0 saturated heterocycles. The zero-order chi connectivity index (χ0) is 21.1. The van der Waals surface area contributed by atoms with E-state index in [4.69, 9.17) is 8.83 Å². The molecule has 2 heterocycles. The molecule has 0 aliphatic heterocycles. The van der Waals surface area contributed by atoms with Gasteiger partial charge in [-0.15, -0.1) is 10.2 Å². The van der Waals surface area contributed by atoms with Gasteiger partial charge in [0, 0.05) is 18.7 Å². The van der Waals surface area contributed by atoms with Crippen molar-refractivity contribution in [1.82, 2.24) is 19.5 Å². The largest absolute Gasteiger partial charge is 0.440 e. The summed E-state index contributed by atoms with van der Waals surface area (Å²) in [6.45, 7) is 4.42. The minimum Gasteiger partial charge on any atom is -0.440 e. The van der Waals surface area contributed by atoms with Gasteiger partial charge in [0.05, 0.1) is 10.6 Å². The molecule has 2 aromatic heterocycles. The van der Waals surface area contributed by atoms with Crippen molar-refractivity contribution in [2.75, 3.05) is 13.1 Å². The van der Waals surface area contributed by atoms with Crippen molar-refractivity contribution in [3.8, 4) is 11.5 Å². The van der Waals surface area contributed by atoms with E-state index in [1.54, 1.807) is 24.3 Å². The van der Waals surface area contributed by atoms with Crippen LogP contribution in [0.25, 0.3) is 22.6 Å². The Bertz CT molecular complexity index is 1230. The summed E-state index contributed by atoms with van der Waals surface area (Å²) in [6, 6.07) is 14.1. The van der Waals surface area contributed by atoms with Gasteiger partial charge in [-0.3, -0.25) is 0 Å². The summed E-state index contributed by atoms with van der Waals surface area (Å²) in [5, 5.41) is 8.44. The molecular weight excluding hydrogens is 424 g/mol. The molecule has 0 amide bonds. The molecular formula is C20H20N4O4S2. The number of aromatic nitrogens is 3. The maximum absolute atomic E-state index is 12.8.